The van der Waals surface area contributed by atoms with Crippen LogP contribution in [0.4, 0.5) is 0 Å². The van der Waals surface area contributed by atoms with Crippen LogP contribution in [0.15, 0.2) is 12.7 Å². The van der Waals surface area contributed by atoms with E-state index < -0.39 is 5.97 Å². The Morgan fingerprint density at radius 1 is 1.80 bits per heavy atom. The zero-order valence-electron chi connectivity index (χ0n) is 5.92. The minimum atomic E-state index is -0.837. The molecule has 0 saturated carbocycles. The summed E-state index contributed by atoms with van der Waals surface area (Å²) in [6.07, 6.45) is 3.28. The first kappa shape index (κ1) is 9.17. The largest absolute Gasteiger partial charge is 0.481 e. The summed E-state index contributed by atoms with van der Waals surface area (Å²) in [6, 6.07) is -0.226. The number of hydrogen-bond acceptors (Lipinski definition) is 2. The monoisotopic (exact) mass is 143 g/mol. The summed E-state index contributed by atoms with van der Waals surface area (Å²) in [6.45, 7) is 3.51. The molecule has 0 aromatic carbocycles. The second kappa shape index (κ2) is 4.99. The van der Waals surface area contributed by atoms with E-state index in [0.717, 1.165) is 6.42 Å². The minimum Gasteiger partial charge on any atom is -0.481 e. The number of hydrogen-bond donors (Lipinski definition) is 2. The topological polar surface area (TPSA) is 63.3 Å². The van der Waals surface area contributed by atoms with Crippen molar-refractivity contribution in [1.29, 1.82) is 0 Å². The average Bonchev–Trinajstić information content (AvgIpc) is 1.82. The Labute approximate surface area is 60.5 Å². The van der Waals surface area contributed by atoms with Crippen LogP contribution in [-0.2, 0) is 4.79 Å². The molecule has 0 aliphatic carbocycles. The van der Waals surface area contributed by atoms with Crippen LogP contribution in [-0.4, -0.2) is 17.1 Å². The minimum absolute atomic E-state index is 0.0494. The molecule has 0 aliphatic heterocycles. The predicted octanol–water partition coefficient (Wildman–Crippen LogP) is 0.755. The van der Waals surface area contributed by atoms with E-state index in [1.54, 1.807) is 6.08 Å². The summed E-state index contributed by atoms with van der Waals surface area (Å²) in [5.74, 6) is -0.837. The highest BCUT2D eigenvalue weighted by Gasteiger charge is 2.05. The number of carbonyl (C=O) groups is 1. The molecule has 0 aromatic rings. The number of allylic oxidation sites excluding steroid dienone is 1. The molecule has 1 unspecified atom stereocenters. The van der Waals surface area contributed by atoms with E-state index in [4.69, 9.17) is 10.8 Å². The van der Waals surface area contributed by atoms with Gasteiger partial charge in [0.25, 0.3) is 0 Å². The Hall–Kier alpha value is -0.830. The smallest absolute Gasteiger partial charge is 0.304 e. The lowest BCUT2D eigenvalue weighted by Crippen LogP contribution is -2.23. The van der Waals surface area contributed by atoms with Gasteiger partial charge in [0.05, 0.1) is 6.42 Å². The summed E-state index contributed by atoms with van der Waals surface area (Å²) in [5, 5.41) is 8.28. The molecule has 3 heteroatoms. The van der Waals surface area contributed by atoms with Crippen LogP contribution in [0.3, 0.4) is 0 Å². The SMILES string of the molecule is C=CCCC(N)CC(=O)O. The van der Waals surface area contributed by atoms with Crippen molar-refractivity contribution in [2.75, 3.05) is 0 Å². The fraction of sp³-hybridized carbons (Fsp3) is 0.571. The predicted molar refractivity (Wildman–Crippen MR) is 39.7 cm³/mol. The van der Waals surface area contributed by atoms with E-state index >= 15 is 0 Å². The Kier molecular flexibility index (Phi) is 4.58. The van der Waals surface area contributed by atoms with Gasteiger partial charge in [-0.15, -0.1) is 6.58 Å². The van der Waals surface area contributed by atoms with Crippen molar-refractivity contribution in [3.8, 4) is 0 Å². The summed E-state index contributed by atoms with van der Waals surface area (Å²) in [4.78, 5) is 10.1. The van der Waals surface area contributed by atoms with Crippen molar-refractivity contribution >= 4 is 5.97 Å². The maximum atomic E-state index is 10.1. The highest BCUT2D eigenvalue weighted by molar-refractivity contribution is 5.67. The average molecular weight is 143 g/mol. The van der Waals surface area contributed by atoms with Crippen molar-refractivity contribution in [1.82, 2.24) is 0 Å². The van der Waals surface area contributed by atoms with Crippen molar-refractivity contribution < 1.29 is 9.90 Å². The van der Waals surface area contributed by atoms with Gasteiger partial charge in [0, 0.05) is 6.04 Å². The molecule has 0 saturated heterocycles. The Morgan fingerprint density at radius 3 is 2.80 bits per heavy atom. The number of carboxylic acids is 1. The molecule has 3 N–H and O–H groups in total. The first-order valence-corrected chi connectivity index (χ1v) is 3.25. The molecule has 0 fully saturated rings. The van der Waals surface area contributed by atoms with Crippen LogP contribution in [0, 0.1) is 0 Å². The molecule has 10 heavy (non-hydrogen) atoms. The van der Waals surface area contributed by atoms with E-state index in [0.29, 0.717) is 6.42 Å². The lowest BCUT2D eigenvalue weighted by Gasteiger charge is -2.04. The van der Waals surface area contributed by atoms with Crippen LogP contribution in [0.25, 0.3) is 0 Å². The van der Waals surface area contributed by atoms with E-state index in [9.17, 15) is 4.79 Å². The van der Waals surface area contributed by atoms with Gasteiger partial charge in [0.15, 0.2) is 0 Å². The molecule has 0 aromatic heterocycles. The van der Waals surface area contributed by atoms with Gasteiger partial charge in [-0.2, -0.15) is 0 Å². The van der Waals surface area contributed by atoms with Gasteiger partial charge in [-0.3, -0.25) is 4.79 Å². The molecular weight excluding hydrogens is 130 g/mol. The van der Waals surface area contributed by atoms with Crippen molar-refractivity contribution in [2.45, 2.75) is 25.3 Å². The lowest BCUT2D eigenvalue weighted by atomic mass is 10.1. The summed E-state index contributed by atoms with van der Waals surface area (Å²) in [7, 11) is 0. The van der Waals surface area contributed by atoms with Gasteiger partial charge in [0.1, 0.15) is 0 Å². The third-order valence-electron chi connectivity index (χ3n) is 1.18. The number of aliphatic carboxylic acids is 1. The second-order valence-corrected chi connectivity index (χ2v) is 2.22. The maximum Gasteiger partial charge on any atom is 0.304 e. The molecule has 0 radical (unpaired) electrons. The fourth-order valence-electron chi connectivity index (χ4n) is 0.658. The molecule has 0 amide bonds. The normalized spacial score (nSPS) is 12.5. The third kappa shape index (κ3) is 5.31. The van der Waals surface area contributed by atoms with Gasteiger partial charge in [-0.1, -0.05) is 6.08 Å². The molecule has 0 aliphatic rings. The Balaban J connectivity index is 3.33. The molecule has 1 atom stereocenters. The summed E-state index contributed by atoms with van der Waals surface area (Å²) < 4.78 is 0. The number of carboxylic acid groups (broad SMARTS) is 1. The Bertz CT molecular complexity index is 123. The quantitative estimate of drug-likeness (QED) is 0.558. The van der Waals surface area contributed by atoms with Crippen molar-refractivity contribution in [3.63, 3.8) is 0 Å². The lowest BCUT2D eigenvalue weighted by molar-refractivity contribution is -0.137. The van der Waals surface area contributed by atoms with Crippen molar-refractivity contribution in [2.24, 2.45) is 5.73 Å². The van der Waals surface area contributed by atoms with E-state index in [-0.39, 0.29) is 12.5 Å². The molecular formula is C7H13NO2. The summed E-state index contributed by atoms with van der Waals surface area (Å²) >= 11 is 0. The van der Waals surface area contributed by atoms with Gasteiger partial charge < -0.3 is 10.8 Å². The number of rotatable bonds is 5. The van der Waals surface area contributed by atoms with Crippen LogP contribution >= 0.6 is 0 Å². The molecule has 0 rings (SSSR count). The zero-order chi connectivity index (χ0) is 7.98. The van der Waals surface area contributed by atoms with Gasteiger partial charge in [0.2, 0.25) is 0 Å². The molecule has 0 bridgehead atoms. The second-order valence-electron chi connectivity index (χ2n) is 2.22. The fourth-order valence-corrected chi connectivity index (χ4v) is 0.658. The van der Waals surface area contributed by atoms with Gasteiger partial charge in [-0.05, 0) is 12.8 Å². The van der Waals surface area contributed by atoms with Crippen LogP contribution in [0.5, 0.6) is 0 Å². The molecule has 3 nitrogen and oxygen atoms in total. The van der Waals surface area contributed by atoms with Crippen molar-refractivity contribution in [3.05, 3.63) is 12.7 Å². The zero-order valence-corrected chi connectivity index (χ0v) is 5.92. The molecule has 58 valence electrons. The highest BCUT2D eigenvalue weighted by atomic mass is 16.4. The van der Waals surface area contributed by atoms with Gasteiger partial charge in [-0.25, -0.2) is 0 Å². The number of nitrogens with two attached hydrogens (primary N) is 1. The van der Waals surface area contributed by atoms with E-state index in [1.165, 1.54) is 0 Å². The van der Waals surface area contributed by atoms with E-state index in [2.05, 4.69) is 6.58 Å². The maximum absolute atomic E-state index is 10.1. The summed E-state index contributed by atoms with van der Waals surface area (Å²) in [5.41, 5.74) is 5.43. The first-order valence-electron chi connectivity index (χ1n) is 3.25. The van der Waals surface area contributed by atoms with Crippen LogP contribution < -0.4 is 5.73 Å². The standard InChI is InChI=1S/C7H13NO2/c1-2-3-4-6(8)5-7(9)10/h2,6H,1,3-5,8H2,(H,9,10). The molecule has 0 heterocycles. The highest BCUT2D eigenvalue weighted by Crippen LogP contribution is 1.98. The van der Waals surface area contributed by atoms with E-state index in [1.807, 2.05) is 0 Å². The Morgan fingerprint density at radius 2 is 2.40 bits per heavy atom. The first-order chi connectivity index (χ1) is 4.66. The third-order valence-corrected chi connectivity index (χ3v) is 1.18. The van der Waals surface area contributed by atoms with Gasteiger partial charge >= 0.3 is 5.97 Å². The van der Waals surface area contributed by atoms with Crippen LogP contribution in [0.1, 0.15) is 19.3 Å². The molecule has 0 spiro atoms. The van der Waals surface area contributed by atoms with Crippen LogP contribution in [0.2, 0.25) is 0 Å².